The zero-order chi connectivity index (χ0) is 15.1. The third kappa shape index (κ3) is 2.42. The molecule has 2 unspecified atom stereocenters. The van der Waals surface area contributed by atoms with E-state index in [0.717, 1.165) is 13.1 Å². The Morgan fingerprint density at radius 1 is 0.850 bits per heavy atom. The molecule has 0 aromatic carbocycles. The molecule has 0 saturated carbocycles. The van der Waals surface area contributed by atoms with Crippen LogP contribution in [0, 0.1) is 0 Å². The number of nitrogens with one attached hydrogen (secondary N) is 2. The van der Waals surface area contributed by atoms with E-state index in [4.69, 9.17) is 0 Å². The van der Waals surface area contributed by atoms with Gasteiger partial charge in [-0.2, -0.15) is 10.2 Å². The summed E-state index contributed by atoms with van der Waals surface area (Å²) >= 11 is 0. The molecule has 6 nitrogen and oxygen atoms in total. The van der Waals surface area contributed by atoms with E-state index >= 15 is 0 Å². The van der Waals surface area contributed by atoms with Crippen molar-refractivity contribution in [3.05, 3.63) is 0 Å². The van der Waals surface area contributed by atoms with Crippen LogP contribution in [0.5, 0.6) is 0 Å². The first-order valence-electron chi connectivity index (χ1n) is 7.13. The minimum Gasteiger partial charge on any atom is -0.286 e. The van der Waals surface area contributed by atoms with Crippen LogP contribution in [-0.2, 0) is 0 Å². The first kappa shape index (κ1) is 15.3. The number of aliphatic imine (C=N–C) groups is 2. The summed E-state index contributed by atoms with van der Waals surface area (Å²) in [7, 11) is 0. The maximum Gasteiger partial charge on any atom is 0.134 e. The molecule has 6 heteroatoms. The lowest BCUT2D eigenvalue weighted by Crippen LogP contribution is -2.55. The first-order valence-corrected chi connectivity index (χ1v) is 7.13. The molecule has 2 aliphatic rings. The van der Waals surface area contributed by atoms with Crippen LogP contribution in [0.1, 0.15) is 41.5 Å². The van der Waals surface area contributed by atoms with Gasteiger partial charge in [0.25, 0.3) is 0 Å². The fraction of sp³-hybridized carbons (Fsp3) is 0.857. The van der Waals surface area contributed by atoms with Gasteiger partial charge in [0.1, 0.15) is 22.4 Å². The van der Waals surface area contributed by atoms with Crippen molar-refractivity contribution in [2.75, 3.05) is 13.1 Å². The van der Waals surface area contributed by atoms with E-state index in [1.165, 1.54) is 0 Å². The van der Waals surface area contributed by atoms with E-state index in [-0.39, 0.29) is 0 Å². The molecule has 0 radical (unpaired) electrons. The van der Waals surface area contributed by atoms with Gasteiger partial charge >= 0.3 is 0 Å². The number of nitrogens with zero attached hydrogens (tertiary/aromatic N) is 4. The van der Waals surface area contributed by atoms with Crippen LogP contribution in [-0.4, -0.2) is 47.9 Å². The largest absolute Gasteiger partial charge is 0.286 e. The number of hydrogen-bond acceptors (Lipinski definition) is 6. The topological polar surface area (TPSA) is 73.5 Å². The average molecular weight is 278 g/mol. The third-order valence-electron chi connectivity index (χ3n) is 4.71. The van der Waals surface area contributed by atoms with Crippen molar-refractivity contribution in [1.29, 1.82) is 0 Å². The van der Waals surface area contributed by atoms with E-state index in [2.05, 4.69) is 72.4 Å². The summed E-state index contributed by atoms with van der Waals surface area (Å²) in [6.45, 7) is 13.9. The molecule has 0 aromatic heterocycles. The minimum absolute atomic E-state index is 0.403. The molecule has 0 amide bonds. The Morgan fingerprint density at radius 2 is 1.20 bits per heavy atom. The molecular formula is C14H26N6. The summed E-state index contributed by atoms with van der Waals surface area (Å²) in [6.07, 6.45) is 3.79. The van der Waals surface area contributed by atoms with E-state index in [1.807, 2.05) is 12.4 Å². The molecule has 0 aliphatic carbocycles. The maximum absolute atomic E-state index is 4.61. The van der Waals surface area contributed by atoms with Crippen LogP contribution in [0.2, 0.25) is 0 Å². The fourth-order valence-corrected chi connectivity index (χ4v) is 2.23. The van der Waals surface area contributed by atoms with Crippen molar-refractivity contribution in [3.63, 3.8) is 0 Å². The Hall–Kier alpha value is -1.14. The average Bonchev–Trinajstić information content (AvgIpc) is 2.98. The highest BCUT2D eigenvalue weighted by molar-refractivity contribution is 5.64. The van der Waals surface area contributed by atoms with Gasteiger partial charge in [-0.3, -0.25) is 20.6 Å². The van der Waals surface area contributed by atoms with Crippen LogP contribution in [0.4, 0.5) is 0 Å². The Balaban J connectivity index is 2.19. The summed E-state index contributed by atoms with van der Waals surface area (Å²) < 4.78 is 0. The van der Waals surface area contributed by atoms with Crippen LogP contribution < -0.4 is 10.6 Å². The molecule has 112 valence electrons. The van der Waals surface area contributed by atoms with Gasteiger partial charge in [0, 0.05) is 25.5 Å². The normalized spacial score (nSPS) is 34.5. The van der Waals surface area contributed by atoms with Crippen molar-refractivity contribution in [3.8, 4) is 0 Å². The first-order chi connectivity index (χ1) is 9.12. The van der Waals surface area contributed by atoms with E-state index in [9.17, 15) is 0 Å². The lowest BCUT2D eigenvalue weighted by molar-refractivity contribution is 0.207. The van der Waals surface area contributed by atoms with Crippen molar-refractivity contribution in [2.45, 2.75) is 63.9 Å². The van der Waals surface area contributed by atoms with Gasteiger partial charge in [-0.1, -0.05) is 0 Å². The molecule has 0 aromatic rings. The van der Waals surface area contributed by atoms with E-state index in [1.54, 1.807) is 0 Å². The third-order valence-corrected chi connectivity index (χ3v) is 4.71. The molecule has 0 fully saturated rings. The van der Waals surface area contributed by atoms with Gasteiger partial charge in [0.15, 0.2) is 0 Å². The summed E-state index contributed by atoms with van der Waals surface area (Å²) in [4.78, 5) is 9.04. The highest BCUT2D eigenvalue weighted by Crippen LogP contribution is 2.33. The predicted octanol–water partition coefficient (Wildman–Crippen LogP) is 1.78. The summed E-state index contributed by atoms with van der Waals surface area (Å²) in [5.74, 6) is 0. The number of hydrogen-bond donors (Lipinski definition) is 2. The second-order valence-electron chi connectivity index (χ2n) is 6.85. The quantitative estimate of drug-likeness (QED) is 0.769. The molecule has 0 spiro atoms. The minimum atomic E-state index is -0.421. The summed E-state index contributed by atoms with van der Waals surface area (Å²) in [6, 6.07) is 0. The standard InChI is InChI=1S/C14H26N6/c1-11(2,13(5)15-7-8-16-13)19-20-12(3,4)14(6)17-9-10-18-14/h7,9,16,18H,8,10H2,1-6H3. The van der Waals surface area contributed by atoms with Crippen LogP contribution >= 0.6 is 0 Å². The van der Waals surface area contributed by atoms with Gasteiger partial charge in [-0.05, 0) is 41.5 Å². The van der Waals surface area contributed by atoms with E-state index in [0.29, 0.717) is 0 Å². The van der Waals surface area contributed by atoms with Crippen molar-refractivity contribution >= 4 is 12.4 Å². The molecule has 2 atom stereocenters. The Kier molecular flexibility index (Phi) is 3.59. The number of rotatable bonds is 4. The van der Waals surface area contributed by atoms with Crippen molar-refractivity contribution < 1.29 is 0 Å². The fourth-order valence-electron chi connectivity index (χ4n) is 2.23. The molecule has 2 N–H and O–H groups in total. The van der Waals surface area contributed by atoms with Gasteiger partial charge in [0.2, 0.25) is 0 Å². The lowest BCUT2D eigenvalue weighted by Gasteiger charge is -2.38. The predicted molar refractivity (Wildman–Crippen MR) is 82.8 cm³/mol. The highest BCUT2D eigenvalue weighted by atomic mass is 15.3. The smallest absolute Gasteiger partial charge is 0.134 e. The SMILES string of the molecule is CC(C)(N=NC(C)(C)C1(C)N=CCN1)C1(C)N=CCN1. The van der Waals surface area contributed by atoms with Crippen LogP contribution in [0.3, 0.4) is 0 Å². The van der Waals surface area contributed by atoms with Crippen LogP contribution in [0.25, 0.3) is 0 Å². The molecule has 2 rings (SSSR count). The molecular weight excluding hydrogens is 252 g/mol. The zero-order valence-corrected chi connectivity index (χ0v) is 13.4. The van der Waals surface area contributed by atoms with Crippen LogP contribution in [0.15, 0.2) is 20.2 Å². The monoisotopic (exact) mass is 278 g/mol. The molecule has 20 heavy (non-hydrogen) atoms. The van der Waals surface area contributed by atoms with Gasteiger partial charge in [-0.25, -0.2) is 0 Å². The number of azo groups is 1. The highest BCUT2D eigenvalue weighted by Gasteiger charge is 2.46. The summed E-state index contributed by atoms with van der Waals surface area (Å²) in [5.41, 5.74) is -1.65. The zero-order valence-electron chi connectivity index (χ0n) is 13.4. The van der Waals surface area contributed by atoms with E-state index < -0.39 is 22.4 Å². The Morgan fingerprint density at radius 3 is 1.45 bits per heavy atom. The second-order valence-corrected chi connectivity index (χ2v) is 6.85. The second kappa shape index (κ2) is 4.70. The van der Waals surface area contributed by atoms with Crippen molar-refractivity contribution in [2.24, 2.45) is 20.2 Å². The molecule has 2 aliphatic heterocycles. The lowest BCUT2D eigenvalue weighted by atomic mass is 9.89. The summed E-state index contributed by atoms with van der Waals surface area (Å²) in [5, 5.41) is 15.9. The van der Waals surface area contributed by atoms with Gasteiger partial charge in [0.05, 0.1) is 0 Å². The molecule has 0 bridgehead atoms. The molecule has 2 heterocycles. The van der Waals surface area contributed by atoms with Gasteiger partial charge < -0.3 is 0 Å². The Bertz CT molecular complexity index is 422. The van der Waals surface area contributed by atoms with Gasteiger partial charge in [-0.15, -0.1) is 0 Å². The maximum atomic E-state index is 4.61. The molecule has 0 saturated heterocycles. The Labute approximate surface area is 121 Å². The van der Waals surface area contributed by atoms with Crippen molar-refractivity contribution in [1.82, 2.24) is 10.6 Å².